The van der Waals surface area contributed by atoms with Gasteiger partial charge in [0.2, 0.25) is 0 Å². The van der Waals surface area contributed by atoms with E-state index in [0.717, 1.165) is 5.56 Å². The summed E-state index contributed by atoms with van der Waals surface area (Å²) in [5, 5.41) is 21.5. The van der Waals surface area contributed by atoms with Crippen LogP contribution in [-0.2, 0) is 17.5 Å². The van der Waals surface area contributed by atoms with E-state index >= 15 is 0 Å². The number of aliphatic hydroxyl groups excluding tert-OH is 2. The summed E-state index contributed by atoms with van der Waals surface area (Å²) in [7, 11) is 0. The summed E-state index contributed by atoms with van der Waals surface area (Å²) in [6, 6.07) is 10.0. The lowest BCUT2D eigenvalue weighted by atomic mass is 10.0. The first-order chi connectivity index (χ1) is 13.1. The van der Waals surface area contributed by atoms with Gasteiger partial charge in [0.1, 0.15) is 18.8 Å². The zero-order valence-corrected chi connectivity index (χ0v) is 15.7. The fourth-order valence-electron chi connectivity index (χ4n) is 2.30. The minimum absolute atomic E-state index is 0.00187. The van der Waals surface area contributed by atoms with Gasteiger partial charge in [-0.3, -0.25) is 0 Å². The lowest BCUT2D eigenvalue weighted by Crippen LogP contribution is -2.36. The van der Waals surface area contributed by atoms with Gasteiger partial charge in [0.25, 0.3) is 0 Å². The number of alkyl carbamates (subject to hydrolysis) is 1. The molecule has 2 aromatic carbocycles. The molecule has 2 rings (SSSR count). The van der Waals surface area contributed by atoms with Gasteiger partial charge in [-0.25, -0.2) is 4.79 Å². The van der Waals surface area contributed by atoms with Crippen LogP contribution in [0.1, 0.15) is 22.8 Å². The van der Waals surface area contributed by atoms with Crippen molar-refractivity contribution in [2.24, 2.45) is 0 Å². The van der Waals surface area contributed by atoms with Gasteiger partial charge >= 0.3 is 12.3 Å². The molecule has 3 N–H and O–H groups in total. The van der Waals surface area contributed by atoms with Crippen LogP contribution in [-0.4, -0.2) is 29.0 Å². The van der Waals surface area contributed by atoms with Crippen molar-refractivity contribution in [1.82, 2.24) is 5.32 Å². The topological polar surface area (TPSA) is 78.8 Å². The Balaban J connectivity index is 1.95. The number of carbonyl (C=O) groups excluding carboxylic acids is 1. The zero-order chi connectivity index (χ0) is 20.9. The molecule has 0 aromatic heterocycles. The summed E-state index contributed by atoms with van der Waals surface area (Å²) >= 11 is 11.6. The maximum atomic E-state index is 12.8. The number of amides is 1. The van der Waals surface area contributed by atoms with E-state index in [1.807, 2.05) is 0 Å². The minimum Gasteiger partial charge on any atom is -0.445 e. The molecule has 2 aromatic rings. The third-order valence-corrected chi connectivity index (χ3v) is 4.36. The van der Waals surface area contributed by atoms with E-state index in [0.29, 0.717) is 12.1 Å². The highest BCUT2D eigenvalue weighted by Gasteiger charge is 2.33. The minimum atomic E-state index is -4.67. The fourth-order valence-corrected chi connectivity index (χ4v) is 3.01. The van der Waals surface area contributed by atoms with Crippen LogP contribution in [0, 0.1) is 0 Å². The molecule has 0 radical (unpaired) electrons. The van der Waals surface area contributed by atoms with Crippen molar-refractivity contribution in [1.29, 1.82) is 0 Å². The second-order valence-corrected chi connectivity index (χ2v) is 6.62. The lowest BCUT2D eigenvalue weighted by Gasteiger charge is -2.21. The molecular weight excluding hydrogens is 422 g/mol. The highest BCUT2D eigenvalue weighted by Crippen LogP contribution is 2.38. The Morgan fingerprint density at radius 2 is 1.68 bits per heavy atom. The van der Waals surface area contributed by atoms with Crippen molar-refractivity contribution in [3.05, 3.63) is 69.2 Å². The third kappa shape index (κ3) is 6.00. The van der Waals surface area contributed by atoms with Crippen molar-refractivity contribution < 1.29 is 32.9 Å². The summed E-state index contributed by atoms with van der Waals surface area (Å²) < 4.78 is 43.2. The van der Waals surface area contributed by atoms with Crippen molar-refractivity contribution >= 4 is 29.3 Å². The zero-order valence-electron chi connectivity index (χ0n) is 14.2. The molecule has 0 aliphatic heterocycles. The van der Waals surface area contributed by atoms with Crippen LogP contribution in [0.3, 0.4) is 0 Å². The lowest BCUT2D eigenvalue weighted by molar-refractivity contribution is -0.137. The Morgan fingerprint density at radius 3 is 2.21 bits per heavy atom. The van der Waals surface area contributed by atoms with Crippen molar-refractivity contribution in [3.8, 4) is 0 Å². The molecule has 0 fully saturated rings. The third-order valence-electron chi connectivity index (χ3n) is 3.73. The highest BCUT2D eigenvalue weighted by molar-refractivity contribution is 6.36. The number of hydrogen-bond acceptors (Lipinski definition) is 4. The second-order valence-electron chi connectivity index (χ2n) is 5.81. The number of nitrogens with one attached hydrogen (secondary N) is 1. The van der Waals surface area contributed by atoms with Gasteiger partial charge in [-0.15, -0.1) is 0 Å². The summed E-state index contributed by atoms with van der Waals surface area (Å²) in [6.07, 6.45) is -8.83. The molecule has 0 saturated heterocycles. The van der Waals surface area contributed by atoms with Gasteiger partial charge in [-0.1, -0.05) is 53.5 Å². The van der Waals surface area contributed by atoms with Gasteiger partial charge in [-0.2, -0.15) is 13.2 Å². The summed E-state index contributed by atoms with van der Waals surface area (Å²) in [5.41, 5.74) is -0.611. The Kier molecular flexibility index (Phi) is 7.54. The fraction of sp³-hybridized carbons (Fsp3) is 0.278. The second kappa shape index (κ2) is 9.47. The number of ether oxygens (including phenoxy) is 1. The number of carbonyl (C=O) groups is 1. The highest BCUT2D eigenvalue weighted by atomic mass is 35.5. The first-order valence-corrected chi connectivity index (χ1v) is 8.72. The number of rotatable bonds is 6. The molecule has 0 saturated carbocycles. The SMILES string of the molecule is O=C(NCC(O)C(O)c1c(Cl)cc(C(F)(F)F)cc1Cl)OCc1ccccc1. The maximum absolute atomic E-state index is 12.8. The van der Waals surface area contributed by atoms with Gasteiger partial charge in [0.05, 0.1) is 5.56 Å². The molecule has 2 atom stereocenters. The molecule has 0 aliphatic rings. The normalized spacial score (nSPS) is 13.7. The Hall–Kier alpha value is -2.00. The van der Waals surface area contributed by atoms with E-state index < -0.39 is 46.6 Å². The molecule has 5 nitrogen and oxygen atoms in total. The molecular formula is C18H16Cl2F3NO4. The number of aliphatic hydroxyl groups is 2. The van der Waals surface area contributed by atoms with Crippen molar-refractivity contribution in [2.45, 2.75) is 25.0 Å². The average Bonchev–Trinajstić information content (AvgIpc) is 2.63. The van der Waals surface area contributed by atoms with E-state index in [9.17, 15) is 28.2 Å². The van der Waals surface area contributed by atoms with E-state index in [4.69, 9.17) is 27.9 Å². The Bertz CT molecular complexity index is 795. The molecule has 2 unspecified atom stereocenters. The number of hydrogen-bond donors (Lipinski definition) is 3. The van der Waals surface area contributed by atoms with Gasteiger partial charge < -0.3 is 20.3 Å². The maximum Gasteiger partial charge on any atom is 0.416 e. The molecule has 28 heavy (non-hydrogen) atoms. The van der Waals surface area contributed by atoms with Crippen molar-refractivity contribution in [3.63, 3.8) is 0 Å². The van der Waals surface area contributed by atoms with E-state index in [2.05, 4.69) is 5.32 Å². The molecule has 152 valence electrons. The largest absolute Gasteiger partial charge is 0.445 e. The van der Waals surface area contributed by atoms with Gasteiger partial charge in [-0.05, 0) is 17.7 Å². The smallest absolute Gasteiger partial charge is 0.416 e. The number of benzene rings is 2. The molecule has 1 amide bonds. The van der Waals surface area contributed by atoms with Crippen LogP contribution >= 0.6 is 23.2 Å². The summed E-state index contributed by atoms with van der Waals surface area (Å²) in [4.78, 5) is 11.7. The first-order valence-electron chi connectivity index (χ1n) is 7.96. The molecule has 0 heterocycles. The Labute approximate surface area is 168 Å². The van der Waals surface area contributed by atoms with Crippen LogP contribution < -0.4 is 5.32 Å². The van der Waals surface area contributed by atoms with Gasteiger partial charge in [0.15, 0.2) is 0 Å². The summed E-state index contributed by atoms with van der Waals surface area (Å²) in [5.74, 6) is 0. The van der Waals surface area contributed by atoms with Crippen molar-refractivity contribution in [2.75, 3.05) is 6.54 Å². The van der Waals surface area contributed by atoms with Crippen LogP contribution in [0.2, 0.25) is 10.0 Å². The van der Waals surface area contributed by atoms with E-state index in [1.54, 1.807) is 30.3 Å². The van der Waals surface area contributed by atoms with Crippen LogP contribution in [0.15, 0.2) is 42.5 Å². The molecule has 0 bridgehead atoms. The van der Waals surface area contributed by atoms with Crippen LogP contribution in [0.5, 0.6) is 0 Å². The number of alkyl halides is 3. The van der Waals surface area contributed by atoms with E-state index in [1.165, 1.54) is 0 Å². The monoisotopic (exact) mass is 437 g/mol. The molecule has 10 heteroatoms. The van der Waals surface area contributed by atoms with Crippen LogP contribution in [0.25, 0.3) is 0 Å². The molecule has 0 aliphatic carbocycles. The predicted octanol–water partition coefficient (Wildman–Crippen LogP) is 4.33. The standard InChI is InChI=1S/C18H16Cl2F3NO4/c19-12-6-11(18(21,22)23)7-13(20)15(12)16(26)14(25)8-24-17(27)28-9-10-4-2-1-3-5-10/h1-7,14,16,25-26H,8-9H2,(H,24,27). The van der Waals surface area contributed by atoms with Gasteiger partial charge in [0, 0.05) is 22.2 Å². The first kappa shape index (κ1) is 22.3. The van der Waals surface area contributed by atoms with E-state index in [-0.39, 0.29) is 12.2 Å². The number of halogens is 5. The molecule has 0 spiro atoms. The summed E-state index contributed by atoms with van der Waals surface area (Å²) in [6.45, 7) is -0.440. The average molecular weight is 438 g/mol. The van der Waals surface area contributed by atoms with Crippen LogP contribution in [0.4, 0.5) is 18.0 Å². The Morgan fingerprint density at radius 1 is 1.11 bits per heavy atom. The predicted molar refractivity (Wildman–Crippen MR) is 97.1 cm³/mol. The quantitative estimate of drug-likeness (QED) is 0.628.